The summed E-state index contributed by atoms with van der Waals surface area (Å²) in [5.74, 6) is -0.513. The fourth-order valence-electron chi connectivity index (χ4n) is 3.41. The van der Waals surface area contributed by atoms with Crippen LogP contribution in [0.3, 0.4) is 0 Å². The fraction of sp³-hybridized carbons (Fsp3) is 0.632. The van der Waals surface area contributed by atoms with Crippen LogP contribution >= 0.6 is 11.8 Å². The number of benzene rings is 1. The van der Waals surface area contributed by atoms with Gasteiger partial charge in [0.25, 0.3) is 0 Å². The predicted octanol–water partition coefficient (Wildman–Crippen LogP) is 4.55. The second kappa shape index (κ2) is 9.73. The van der Waals surface area contributed by atoms with Crippen molar-refractivity contribution in [1.29, 1.82) is 0 Å². The van der Waals surface area contributed by atoms with Crippen molar-refractivity contribution in [2.24, 2.45) is 11.0 Å². The van der Waals surface area contributed by atoms with Gasteiger partial charge in [-0.1, -0.05) is 5.11 Å². The maximum absolute atomic E-state index is 13.0. The molecule has 1 amide bonds. The van der Waals surface area contributed by atoms with Gasteiger partial charge in [0.15, 0.2) is 9.84 Å². The van der Waals surface area contributed by atoms with Crippen LogP contribution in [-0.4, -0.2) is 44.2 Å². The number of azide groups is 1. The zero-order valence-electron chi connectivity index (χ0n) is 17.2. The Morgan fingerprint density at radius 1 is 1.31 bits per heavy atom. The number of amides is 1. The molecular weight excluding hydrogens is 412 g/mol. The Morgan fingerprint density at radius 2 is 1.97 bits per heavy atom. The zero-order chi connectivity index (χ0) is 21.7. The second-order valence-corrected chi connectivity index (χ2v) is 11.1. The summed E-state index contributed by atoms with van der Waals surface area (Å²) in [6.45, 7) is 5.31. The molecule has 0 aliphatic heterocycles. The number of ether oxygens (including phenoxy) is 1. The van der Waals surface area contributed by atoms with E-state index in [1.54, 1.807) is 45.0 Å². The minimum atomic E-state index is -3.56. The van der Waals surface area contributed by atoms with Gasteiger partial charge in [-0.25, -0.2) is 13.2 Å². The SMILES string of the molecule is CSc1ccc(S(=O)(=O)C[C@H]2C[C@@H](N=[N+]=[N-])CC[C@@H]2NC(=O)OC(C)(C)C)cc1. The predicted molar refractivity (Wildman–Crippen MR) is 114 cm³/mol. The summed E-state index contributed by atoms with van der Waals surface area (Å²) in [4.78, 5) is 16.3. The van der Waals surface area contributed by atoms with Crippen LogP contribution in [0.1, 0.15) is 40.0 Å². The van der Waals surface area contributed by atoms with Crippen molar-refractivity contribution < 1.29 is 17.9 Å². The van der Waals surface area contributed by atoms with Crippen LogP contribution in [0.25, 0.3) is 10.4 Å². The largest absolute Gasteiger partial charge is 0.444 e. The van der Waals surface area contributed by atoms with E-state index in [0.29, 0.717) is 19.3 Å². The molecular formula is C19H28N4O4S2. The third-order valence-corrected chi connectivity index (χ3v) is 7.32. The van der Waals surface area contributed by atoms with Gasteiger partial charge in [0.1, 0.15) is 5.60 Å². The van der Waals surface area contributed by atoms with Gasteiger partial charge in [-0.15, -0.1) is 11.8 Å². The van der Waals surface area contributed by atoms with Crippen LogP contribution in [0.2, 0.25) is 0 Å². The average Bonchev–Trinajstić information content (AvgIpc) is 2.62. The lowest BCUT2D eigenvalue weighted by molar-refractivity contribution is 0.0470. The monoisotopic (exact) mass is 440 g/mol. The molecule has 1 aliphatic rings. The summed E-state index contributed by atoms with van der Waals surface area (Å²) in [5.41, 5.74) is 8.11. The summed E-state index contributed by atoms with van der Waals surface area (Å²) in [6, 6.07) is 6.11. The highest BCUT2D eigenvalue weighted by atomic mass is 32.2. The first-order valence-corrected chi connectivity index (χ1v) is 12.3. The first-order valence-electron chi connectivity index (χ1n) is 9.44. The lowest BCUT2D eigenvalue weighted by Crippen LogP contribution is -2.48. The summed E-state index contributed by atoms with van der Waals surface area (Å²) in [5, 5.41) is 6.59. The molecule has 1 saturated carbocycles. The van der Waals surface area contributed by atoms with Crippen molar-refractivity contribution in [3.05, 3.63) is 34.7 Å². The van der Waals surface area contributed by atoms with Crippen LogP contribution in [0.4, 0.5) is 4.79 Å². The highest BCUT2D eigenvalue weighted by molar-refractivity contribution is 7.98. The lowest BCUT2D eigenvalue weighted by atomic mass is 9.83. The summed E-state index contributed by atoms with van der Waals surface area (Å²) in [7, 11) is -3.56. The molecule has 0 spiro atoms. The van der Waals surface area contributed by atoms with Crippen LogP contribution in [0, 0.1) is 5.92 Å². The molecule has 8 nitrogen and oxygen atoms in total. The fourth-order valence-corrected chi connectivity index (χ4v) is 5.49. The van der Waals surface area contributed by atoms with Crippen LogP contribution in [0.15, 0.2) is 39.2 Å². The number of carbonyl (C=O) groups excluding carboxylic acids is 1. The maximum Gasteiger partial charge on any atom is 0.407 e. The van der Waals surface area contributed by atoms with E-state index in [2.05, 4.69) is 15.3 Å². The number of hydrogen-bond acceptors (Lipinski definition) is 6. The molecule has 0 saturated heterocycles. The molecule has 10 heteroatoms. The molecule has 1 aliphatic carbocycles. The average molecular weight is 441 g/mol. The molecule has 160 valence electrons. The molecule has 1 aromatic rings. The minimum absolute atomic E-state index is 0.135. The smallest absolute Gasteiger partial charge is 0.407 e. The summed E-state index contributed by atoms with van der Waals surface area (Å²) >= 11 is 1.54. The topological polar surface area (TPSA) is 121 Å². The van der Waals surface area contributed by atoms with Crippen molar-refractivity contribution in [3.8, 4) is 0 Å². The molecule has 1 N–H and O–H groups in total. The third kappa shape index (κ3) is 7.13. The van der Waals surface area contributed by atoms with E-state index in [1.165, 1.54) is 11.8 Å². The molecule has 0 unspecified atom stereocenters. The van der Waals surface area contributed by atoms with E-state index in [9.17, 15) is 13.2 Å². The van der Waals surface area contributed by atoms with Crippen LogP contribution in [-0.2, 0) is 14.6 Å². The van der Waals surface area contributed by atoms with E-state index in [4.69, 9.17) is 10.3 Å². The third-order valence-electron chi connectivity index (χ3n) is 4.72. The van der Waals surface area contributed by atoms with Gasteiger partial charge >= 0.3 is 6.09 Å². The molecule has 0 heterocycles. The number of alkyl carbamates (subject to hydrolysis) is 1. The summed E-state index contributed by atoms with van der Waals surface area (Å²) < 4.78 is 31.3. The molecule has 1 fully saturated rings. The Hall–Kier alpha value is -1.90. The maximum atomic E-state index is 13.0. The molecule has 0 radical (unpaired) electrons. The van der Waals surface area contributed by atoms with E-state index < -0.39 is 21.5 Å². The highest BCUT2D eigenvalue weighted by Gasteiger charge is 2.35. The normalized spacial score (nSPS) is 22.4. The van der Waals surface area contributed by atoms with Gasteiger partial charge in [-0.05, 0) is 82.0 Å². The number of hydrogen-bond donors (Lipinski definition) is 1. The number of carbonyl (C=O) groups is 1. The second-order valence-electron chi connectivity index (χ2n) is 8.14. The lowest BCUT2D eigenvalue weighted by Gasteiger charge is -2.35. The summed E-state index contributed by atoms with van der Waals surface area (Å²) in [6.07, 6.45) is 2.86. The molecule has 0 bridgehead atoms. The number of sulfone groups is 1. The first-order chi connectivity index (χ1) is 13.5. The van der Waals surface area contributed by atoms with Gasteiger partial charge in [-0.3, -0.25) is 0 Å². The minimum Gasteiger partial charge on any atom is -0.444 e. The Morgan fingerprint density at radius 3 is 2.52 bits per heavy atom. The molecule has 29 heavy (non-hydrogen) atoms. The number of thioether (sulfide) groups is 1. The highest BCUT2D eigenvalue weighted by Crippen LogP contribution is 2.30. The Bertz CT molecular complexity index is 859. The van der Waals surface area contributed by atoms with E-state index in [1.807, 2.05) is 6.26 Å². The van der Waals surface area contributed by atoms with Crippen molar-refractivity contribution in [2.45, 2.75) is 67.5 Å². The van der Waals surface area contributed by atoms with E-state index >= 15 is 0 Å². The zero-order valence-corrected chi connectivity index (χ0v) is 18.8. The van der Waals surface area contributed by atoms with Gasteiger partial charge in [0.2, 0.25) is 0 Å². The van der Waals surface area contributed by atoms with Crippen molar-refractivity contribution in [1.82, 2.24) is 5.32 Å². The van der Waals surface area contributed by atoms with Crippen molar-refractivity contribution >= 4 is 27.7 Å². The van der Waals surface area contributed by atoms with Gasteiger partial charge in [0, 0.05) is 21.9 Å². The van der Waals surface area contributed by atoms with Crippen molar-refractivity contribution in [2.75, 3.05) is 12.0 Å². The Labute approximate surface area is 176 Å². The number of rotatable bonds is 6. The Balaban J connectivity index is 2.19. The van der Waals surface area contributed by atoms with E-state index in [-0.39, 0.29) is 28.6 Å². The Kier molecular flexibility index (Phi) is 7.85. The van der Waals surface area contributed by atoms with Crippen molar-refractivity contribution in [3.63, 3.8) is 0 Å². The number of nitrogens with one attached hydrogen (secondary N) is 1. The quantitative estimate of drug-likeness (QED) is 0.301. The van der Waals surface area contributed by atoms with Gasteiger partial charge in [0.05, 0.1) is 10.6 Å². The molecule has 1 aromatic carbocycles. The van der Waals surface area contributed by atoms with Crippen LogP contribution < -0.4 is 5.32 Å². The van der Waals surface area contributed by atoms with Crippen LogP contribution in [0.5, 0.6) is 0 Å². The molecule has 2 rings (SSSR count). The number of nitrogens with zero attached hydrogens (tertiary/aromatic N) is 3. The van der Waals surface area contributed by atoms with Gasteiger partial charge in [-0.2, -0.15) is 0 Å². The molecule has 0 aromatic heterocycles. The molecule has 3 atom stereocenters. The van der Waals surface area contributed by atoms with E-state index in [0.717, 1.165) is 4.90 Å². The first kappa shape index (κ1) is 23.4. The standard InChI is InChI=1S/C19H28N4O4S2/c1-19(2,3)27-18(24)21-17-10-5-14(22-23-20)11-13(17)12-29(25,26)16-8-6-15(28-4)7-9-16/h6-9,13-14,17H,5,10-12H2,1-4H3,(H,21,24)/t13-,14+,17+/m1/s1. The van der Waals surface area contributed by atoms with Gasteiger partial charge < -0.3 is 10.1 Å².